The lowest BCUT2D eigenvalue weighted by Gasteiger charge is -2.45. The molecule has 0 aromatic carbocycles. The molecule has 106 valence electrons. The molecule has 0 aliphatic carbocycles. The third-order valence-electron chi connectivity index (χ3n) is 3.54. The molecule has 0 radical (unpaired) electrons. The molecule has 0 rings (SSSR count). The van der Waals surface area contributed by atoms with Gasteiger partial charge in [0, 0.05) is 5.57 Å². The molecule has 1 unspecified atom stereocenters. The number of carbonyl (C=O) groups excluding carboxylic acids is 1. The highest BCUT2D eigenvalue weighted by Gasteiger charge is 2.52. The molecule has 0 aromatic rings. The zero-order chi connectivity index (χ0) is 14.7. The highest BCUT2D eigenvalue weighted by atomic mass is 28.4. The third-order valence-corrected chi connectivity index (χ3v) is 9.91. The van der Waals surface area contributed by atoms with Gasteiger partial charge >= 0.3 is 5.97 Å². The van der Waals surface area contributed by atoms with Crippen molar-refractivity contribution in [1.29, 1.82) is 0 Å². The molecule has 0 heterocycles. The van der Waals surface area contributed by atoms with Crippen molar-refractivity contribution in [2.45, 2.75) is 72.0 Å². The van der Waals surface area contributed by atoms with Crippen LogP contribution in [0.5, 0.6) is 0 Å². The van der Waals surface area contributed by atoms with Crippen molar-refractivity contribution >= 4 is 14.3 Å². The minimum atomic E-state index is -2.17. The van der Waals surface area contributed by atoms with Gasteiger partial charge in [-0.05, 0) is 29.5 Å². The molecule has 0 aliphatic heterocycles. The molecule has 0 aliphatic rings. The van der Waals surface area contributed by atoms with Crippen LogP contribution in [0.3, 0.4) is 0 Å². The maximum Gasteiger partial charge on any atom is 0.319 e. The van der Waals surface area contributed by atoms with Gasteiger partial charge in [-0.2, -0.15) is 0 Å². The zero-order valence-electron chi connectivity index (χ0n) is 13.4. The van der Waals surface area contributed by atoms with Crippen molar-refractivity contribution in [3.05, 3.63) is 12.2 Å². The predicted molar refractivity (Wildman–Crippen MR) is 81.1 cm³/mol. The first-order chi connectivity index (χ1) is 7.94. The second-order valence-electron chi connectivity index (χ2n) is 7.06. The summed E-state index contributed by atoms with van der Waals surface area (Å²) in [5.41, 5.74) is 0.906. The van der Waals surface area contributed by atoms with Crippen LogP contribution in [0.1, 0.15) is 55.4 Å². The van der Waals surface area contributed by atoms with E-state index in [4.69, 9.17) is 4.43 Å². The normalized spacial score (nSPS) is 15.7. The molecule has 0 fully saturated rings. The Labute approximate surface area is 114 Å². The van der Waals surface area contributed by atoms with E-state index in [9.17, 15) is 4.79 Å². The molecule has 0 saturated heterocycles. The van der Waals surface area contributed by atoms with Crippen LogP contribution >= 0.6 is 0 Å². The van der Waals surface area contributed by atoms with Gasteiger partial charge in [0.1, 0.15) is 0 Å². The molecular weight excluding hydrogens is 240 g/mol. The average Bonchev–Trinajstić information content (AvgIpc) is 2.13. The van der Waals surface area contributed by atoms with E-state index in [1.165, 1.54) is 0 Å². The van der Waals surface area contributed by atoms with Gasteiger partial charge in [0.05, 0.1) is 0 Å². The number of hydrogen-bond acceptors (Lipinski definition) is 2. The lowest BCUT2D eigenvalue weighted by molar-refractivity contribution is -0.131. The SMILES string of the molecule is C=C(C)C(=O)O[Si](CC(C)C)(C(C)C)C(C)(C)C. The van der Waals surface area contributed by atoms with E-state index in [0.717, 1.165) is 6.04 Å². The maximum atomic E-state index is 12.0. The molecule has 3 heteroatoms. The Morgan fingerprint density at radius 1 is 1.22 bits per heavy atom. The summed E-state index contributed by atoms with van der Waals surface area (Å²) in [7, 11) is -2.17. The predicted octanol–water partition coefficient (Wildman–Crippen LogP) is 4.92. The van der Waals surface area contributed by atoms with Crippen LogP contribution in [-0.2, 0) is 9.22 Å². The molecule has 1 atom stereocenters. The summed E-state index contributed by atoms with van der Waals surface area (Å²) in [6.45, 7) is 20.8. The van der Waals surface area contributed by atoms with Crippen LogP contribution < -0.4 is 0 Å². The third kappa shape index (κ3) is 3.97. The van der Waals surface area contributed by atoms with E-state index in [-0.39, 0.29) is 11.0 Å². The van der Waals surface area contributed by atoms with Gasteiger partial charge in [-0.3, -0.25) is 0 Å². The van der Waals surface area contributed by atoms with Crippen LogP contribution in [0, 0.1) is 5.92 Å². The number of carbonyl (C=O) groups is 1. The van der Waals surface area contributed by atoms with Gasteiger partial charge in [-0.25, -0.2) is 4.79 Å². The Morgan fingerprint density at radius 2 is 1.67 bits per heavy atom. The summed E-state index contributed by atoms with van der Waals surface area (Å²) >= 11 is 0. The van der Waals surface area contributed by atoms with Gasteiger partial charge in [0.2, 0.25) is 0 Å². The van der Waals surface area contributed by atoms with E-state index in [2.05, 4.69) is 55.0 Å². The largest absolute Gasteiger partial charge is 0.515 e. The first kappa shape index (κ1) is 17.4. The Balaban J connectivity index is 5.48. The van der Waals surface area contributed by atoms with Gasteiger partial charge < -0.3 is 4.43 Å². The summed E-state index contributed by atoms with van der Waals surface area (Å²) < 4.78 is 6.04. The summed E-state index contributed by atoms with van der Waals surface area (Å²) in [4.78, 5) is 12.0. The quantitative estimate of drug-likeness (QED) is 0.523. The van der Waals surface area contributed by atoms with Crippen LogP contribution in [0.25, 0.3) is 0 Å². The molecule has 2 nitrogen and oxygen atoms in total. The van der Waals surface area contributed by atoms with Crippen molar-refractivity contribution in [2.24, 2.45) is 5.92 Å². The summed E-state index contributed by atoms with van der Waals surface area (Å²) in [6.07, 6.45) is 0. The molecule has 0 bridgehead atoms. The lowest BCUT2D eigenvalue weighted by Crippen LogP contribution is -2.52. The highest BCUT2D eigenvalue weighted by Crippen LogP contribution is 2.48. The summed E-state index contributed by atoms with van der Waals surface area (Å²) in [5.74, 6) is 0.321. The molecular formula is C15H30O2Si. The molecule has 0 aromatic heterocycles. The van der Waals surface area contributed by atoms with Crippen molar-refractivity contribution < 1.29 is 9.22 Å². The molecule has 18 heavy (non-hydrogen) atoms. The fourth-order valence-corrected chi connectivity index (χ4v) is 7.74. The minimum absolute atomic E-state index is 0.0382. The van der Waals surface area contributed by atoms with Crippen molar-refractivity contribution in [3.63, 3.8) is 0 Å². The van der Waals surface area contributed by atoms with Crippen molar-refractivity contribution in [3.8, 4) is 0 Å². The van der Waals surface area contributed by atoms with E-state index in [1.807, 2.05) is 0 Å². The fraction of sp³-hybridized carbons (Fsp3) is 0.800. The zero-order valence-corrected chi connectivity index (χ0v) is 14.4. The first-order valence-electron chi connectivity index (χ1n) is 6.83. The highest BCUT2D eigenvalue weighted by molar-refractivity contribution is 6.79. The van der Waals surface area contributed by atoms with E-state index < -0.39 is 8.32 Å². The van der Waals surface area contributed by atoms with Crippen LogP contribution in [0.4, 0.5) is 0 Å². The monoisotopic (exact) mass is 270 g/mol. The summed E-state index contributed by atoms with van der Waals surface area (Å²) in [5, 5.41) is 0.0382. The summed E-state index contributed by atoms with van der Waals surface area (Å²) in [6, 6.07) is 1.01. The first-order valence-corrected chi connectivity index (χ1v) is 9.02. The maximum absolute atomic E-state index is 12.0. The average molecular weight is 270 g/mol. The van der Waals surface area contributed by atoms with Crippen LogP contribution in [-0.4, -0.2) is 14.3 Å². The lowest BCUT2D eigenvalue weighted by atomic mass is 10.2. The van der Waals surface area contributed by atoms with E-state index >= 15 is 0 Å². The van der Waals surface area contributed by atoms with Gasteiger partial charge in [-0.1, -0.05) is 55.0 Å². The topological polar surface area (TPSA) is 26.3 Å². The molecule has 0 N–H and O–H groups in total. The Hall–Kier alpha value is -0.573. The van der Waals surface area contributed by atoms with Gasteiger partial charge in [0.15, 0.2) is 0 Å². The van der Waals surface area contributed by atoms with E-state index in [1.54, 1.807) is 6.92 Å². The number of hydrogen-bond donors (Lipinski definition) is 0. The fourth-order valence-electron chi connectivity index (χ4n) is 2.58. The second kappa shape index (κ2) is 6.05. The smallest absolute Gasteiger partial charge is 0.319 e. The standard InChI is InChI=1S/C15H30O2Si/c1-11(2)10-18(13(5)6,15(7,8)9)17-14(16)12(3)4/h11,13H,3,10H2,1-2,4-9H3. The molecule has 0 amide bonds. The van der Waals surface area contributed by atoms with E-state index in [0.29, 0.717) is 17.0 Å². The van der Waals surface area contributed by atoms with Gasteiger partial charge in [-0.15, -0.1) is 0 Å². The van der Waals surface area contributed by atoms with Crippen molar-refractivity contribution in [1.82, 2.24) is 0 Å². The van der Waals surface area contributed by atoms with Crippen molar-refractivity contribution in [2.75, 3.05) is 0 Å². The van der Waals surface area contributed by atoms with Crippen LogP contribution in [0.15, 0.2) is 12.2 Å². The Morgan fingerprint density at radius 3 is 1.89 bits per heavy atom. The minimum Gasteiger partial charge on any atom is -0.515 e. The molecule has 0 spiro atoms. The van der Waals surface area contributed by atoms with Crippen LogP contribution in [0.2, 0.25) is 16.6 Å². The van der Waals surface area contributed by atoms with Gasteiger partial charge in [0.25, 0.3) is 8.32 Å². The number of rotatable bonds is 5. The Bertz CT molecular complexity index is 313. The Kier molecular flexibility index (Phi) is 5.85. The molecule has 0 saturated carbocycles. The second-order valence-corrected chi connectivity index (χ2v) is 12.1.